The molecule has 18 heavy (non-hydrogen) atoms. The first kappa shape index (κ1) is 14.1. The molecule has 1 aromatic carbocycles. The Morgan fingerprint density at radius 1 is 1.33 bits per heavy atom. The highest BCUT2D eigenvalue weighted by atomic mass is 32.2. The molecule has 1 aromatic rings. The molecule has 0 saturated carbocycles. The van der Waals surface area contributed by atoms with Crippen LogP contribution < -0.4 is 0 Å². The lowest BCUT2D eigenvalue weighted by Gasteiger charge is -2.09. The Bertz CT molecular complexity index is 609. The zero-order chi connectivity index (χ0) is 14.1. The van der Waals surface area contributed by atoms with Crippen molar-refractivity contribution in [2.45, 2.75) is 11.1 Å². The van der Waals surface area contributed by atoms with Crippen molar-refractivity contribution in [3.05, 3.63) is 33.9 Å². The van der Waals surface area contributed by atoms with Gasteiger partial charge in [0.25, 0.3) is 10.0 Å². The second-order valence-corrected chi connectivity index (χ2v) is 4.66. The molecule has 0 aliphatic rings. The summed E-state index contributed by atoms with van der Waals surface area (Å²) in [5.74, 6) is 0. The van der Waals surface area contributed by atoms with Crippen LogP contribution in [0.4, 0.5) is 18.9 Å². The van der Waals surface area contributed by atoms with Gasteiger partial charge < -0.3 is 0 Å². The normalized spacial score (nSPS) is 12.2. The van der Waals surface area contributed by atoms with Crippen molar-refractivity contribution in [2.24, 2.45) is 4.40 Å². The number of hydrogen-bond acceptors (Lipinski definition) is 4. The average Bonchev–Trinajstić information content (AvgIpc) is 2.26. The third-order valence-electron chi connectivity index (χ3n) is 1.93. The minimum atomic E-state index is -5.05. The van der Waals surface area contributed by atoms with E-state index in [1.807, 2.05) is 0 Å². The summed E-state index contributed by atoms with van der Waals surface area (Å²) < 4.78 is 62.8. The van der Waals surface area contributed by atoms with Gasteiger partial charge in [-0.3, -0.25) is 10.1 Å². The molecule has 98 valence electrons. The molecule has 0 spiro atoms. The number of para-hydroxylation sites is 1. The first-order valence-corrected chi connectivity index (χ1v) is 5.63. The molecular formula is C8H5F3N2O4S. The number of halogens is 3. The maximum Gasteiger partial charge on any atom is 0.423 e. The van der Waals surface area contributed by atoms with E-state index in [-0.39, 0.29) is 0 Å². The lowest BCUT2D eigenvalue weighted by Crippen LogP contribution is -2.12. The van der Waals surface area contributed by atoms with Crippen LogP contribution in [0.3, 0.4) is 0 Å². The van der Waals surface area contributed by atoms with Gasteiger partial charge in [0.1, 0.15) is 5.56 Å². The van der Waals surface area contributed by atoms with Crippen LogP contribution in [0.2, 0.25) is 0 Å². The van der Waals surface area contributed by atoms with Crippen LogP contribution in [0.15, 0.2) is 27.5 Å². The van der Waals surface area contributed by atoms with Gasteiger partial charge in [-0.2, -0.15) is 26.0 Å². The van der Waals surface area contributed by atoms with E-state index >= 15 is 0 Å². The smallest absolute Gasteiger partial charge is 0.258 e. The van der Waals surface area contributed by atoms with Crippen molar-refractivity contribution in [1.82, 2.24) is 0 Å². The van der Waals surface area contributed by atoms with Gasteiger partial charge in [0, 0.05) is 6.72 Å². The van der Waals surface area contributed by atoms with Crippen molar-refractivity contribution in [1.29, 1.82) is 0 Å². The van der Waals surface area contributed by atoms with Crippen LogP contribution in [0.1, 0.15) is 5.56 Å². The van der Waals surface area contributed by atoms with Crippen LogP contribution in [0, 0.1) is 10.1 Å². The predicted octanol–water partition coefficient (Wildman–Crippen LogP) is 2.00. The Hall–Kier alpha value is -1.97. The number of nitro groups is 1. The highest BCUT2D eigenvalue weighted by Gasteiger charge is 2.41. The Morgan fingerprint density at radius 2 is 1.89 bits per heavy atom. The van der Waals surface area contributed by atoms with Gasteiger partial charge in [0.05, 0.1) is 4.92 Å². The summed E-state index contributed by atoms with van der Waals surface area (Å²) >= 11 is 0. The van der Waals surface area contributed by atoms with Crippen molar-refractivity contribution < 1.29 is 26.5 Å². The van der Waals surface area contributed by atoms with Gasteiger partial charge in [0.15, 0.2) is 4.90 Å². The maximum atomic E-state index is 12.5. The first-order valence-electron chi connectivity index (χ1n) is 4.19. The molecular weight excluding hydrogens is 277 g/mol. The summed E-state index contributed by atoms with van der Waals surface area (Å²) in [5, 5.41) is 10.6. The fourth-order valence-corrected chi connectivity index (χ4v) is 2.04. The highest BCUT2D eigenvalue weighted by molar-refractivity contribution is 7.90. The lowest BCUT2D eigenvalue weighted by atomic mass is 10.2. The van der Waals surface area contributed by atoms with Gasteiger partial charge in [-0.25, -0.2) is 0 Å². The quantitative estimate of drug-likeness (QED) is 0.481. The molecule has 10 heteroatoms. The number of rotatable bonds is 3. The summed E-state index contributed by atoms with van der Waals surface area (Å²) in [6.07, 6.45) is -5.05. The highest BCUT2D eigenvalue weighted by Crippen LogP contribution is 2.39. The molecule has 0 radical (unpaired) electrons. The molecule has 6 nitrogen and oxygen atoms in total. The van der Waals surface area contributed by atoms with E-state index in [0.29, 0.717) is 12.1 Å². The molecule has 0 N–H and O–H groups in total. The van der Waals surface area contributed by atoms with E-state index in [1.165, 1.54) is 0 Å². The van der Waals surface area contributed by atoms with E-state index in [4.69, 9.17) is 0 Å². The molecule has 0 amide bonds. The Balaban J connectivity index is 3.77. The summed E-state index contributed by atoms with van der Waals surface area (Å²) in [6.45, 7) is 2.66. The fraction of sp³-hybridized carbons (Fsp3) is 0.125. The molecule has 0 bridgehead atoms. The largest absolute Gasteiger partial charge is 0.423 e. The van der Waals surface area contributed by atoms with Crippen molar-refractivity contribution >= 4 is 22.4 Å². The number of benzene rings is 1. The van der Waals surface area contributed by atoms with Gasteiger partial charge in [-0.05, 0) is 12.1 Å². The summed E-state index contributed by atoms with van der Waals surface area (Å²) in [5.41, 5.74) is -3.21. The van der Waals surface area contributed by atoms with E-state index in [9.17, 15) is 31.7 Å². The van der Waals surface area contributed by atoms with Gasteiger partial charge in [-0.15, -0.1) is 0 Å². The van der Waals surface area contributed by atoms with Crippen LogP contribution in [-0.4, -0.2) is 20.1 Å². The standard InChI is InChI=1S/C8H5F3N2O4S/c1-12-18(16,17)6-4-2-3-5(8(9,10)11)7(6)13(14)15/h2-4H,1H2. The molecule has 0 atom stereocenters. The number of sulfonamides is 1. The fourth-order valence-electron chi connectivity index (χ4n) is 1.22. The number of nitro benzene ring substituents is 1. The van der Waals surface area contributed by atoms with Crippen LogP contribution in [-0.2, 0) is 16.2 Å². The molecule has 0 aliphatic carbocycles. The Labute approximate surface area is 99.0 Å². The summed E-state index contributed by atoms with van der Waals surface area (Å²) in [7, 11) is -4.58. The predicted molar refractivity (Wildman–Crippen MR) is 54.8 cm³/mol. The topological polar surface area (TPSA) is 89.6 Å². The summed E-state index contributed by atoms with van der Waals surface area (Å²) in [4.78, 5) is 8.07. The molecule has 0 fully saturated rings. The molecule has 0 aromatic heterocycles. The zero-order valence-electron chi connectivity index (χ0n) is 8.51. The Morgan fingerprint density at radius 3 is 2.28 bits per heavy atom. The van der Waals surface area contributed by atoms with Crippen molar-refractivity contribution in [3.8, 4) is 0 Å². The third-order valence-corrected chi connectivity index (χ3v) is 3.16. The van der Waals surface area contributed by atoms with Gasteiger partial charge in [-0.1, -0.05) is 6.07 Å². The second kappa shape index (κ2) is 4.37. The minimum Gasteiger partial charge on any atom is -0.258 e. The summed E-state index contributed by atoms with van der Waals surface area (Å²) in [6, 6.07) is 1.82. The third kappa shape index (κ3) is 2.47. The van der Waals surface area contributed by atoms with E-state index in [0.717, 1.165) is 6.07 Å². The number of hydrogen-bond donors (Lipinski definition) is 0. The van der Waals surface area contributed by atoms with E-state index in [1.54, 1.807) is 0 Å². The first-order chi connectivity index (χ1) is 8.11. The van der Waals surface area contributed by atoms with Crippen molar-refractivity contribution in [3.63, 3.8) is 0 Å². The molecule has 1 rings (SSSR count). The minimum absolute atomic E-state index is 0.417. The molecule has 0 saturated heterocycles. The zero-order valence-corrected chi connectivity index (χ0v) is 9.33. The Kier molecular flexibility index (Phi) is 3.42. The SMILES string of the molecule is C=NS(=O)(=O)c1cccc(C(F)(F)F)c1[N+](=O)[O-]. The number of alkyl halides is 3. The van der Waals surface area contributed by atoms with Gasteiger partial charge in [0.2, 0.25) is 0 Å². The van der Waals surface area contributed by atoms with Crippen LogP contribution >= 0.6 is 0 Å². The number of nitrogens with zero attached hydrogens (tertiary/aromatic N) is 2. The average molecular weight is 282 g/mol. The maximum absolute atomic E-state index is 12.5. The van der Waals surface area contributed by atoms with Crippen LogP contribution in [0.5, 0.6) is 0 Å². The molecule has 0 unspecified atom stereocenters. The van der Waals surface area contributed by atoms with Crippen molar-refractivity contribution in [2.75, 3.05) is 0 Å². The van der Waals surface area contributed by atoms with Gasteiger partial charge >= 0.3 is 11.9 Å². The monoisotopic (exact) mass is 282 g/mol. The second-order valence-electron chi connectivity index (χ2n) is 3.01. The van der Waals surface area contributed by atoms with Crippen LogP contribution in [0.25, 0.3) is 0 Å². The van der Waals surface area contributed by atoms with E-state index in [2.05, 4.69) is 11.1 Å². The lowest BCUT2D eigenvalue weighted by molar-refractivity contribution is -0.391. The van der Waals surface area contributed by atoms with E-state index < -0.39 is 37.3 Å². The molecule has 0 aliphatic heterocycles. The molecule has 0 heterocycles.